The fraction of sp³-hybridized carbons (Fsp3) is 0.417. The first-order valence-electron chi connectivity index (χ1n) is 6.18. The number of carbonyl (C=O) groups is 1. The van der Waals surface area contributed by atoms with E-state index in [1.165, 1.54) is 19.2 Å². The molecule has 1 aromatic rings. The van der Waals surface area contributed by atoms with Crippen molar-refractivity contribution < 1.29 is 27.4 Å². The summed E-state index contributed by atoms with van der Waals surface area (Å²) in [6.07, 6.45) is 0.195. The van der Waals surface area contributed by atoms with Crippen molar-refractivity contribution in [3.63, 3.8) is 0 Å². The van der Waals surface area contributed by atoms with E-state index < -0.39 is 16.0 Å². The van der Waals surface area contributed by atoms with Crippen LogP contribution in [0.4, 0.5) is 11.4 Å². The number of nitrogens with one attached hydrogen (secondary N) is 1. The number of methoxy groups -OCH3 is 1. The maximum absolute atomic E-state index is 11.9. The molecule has 0 aromatic heterocycles. The van der Waals surface area contributed by atoms with E-state index in [2.05, 4.69) is 9.46 Å². The molecular weight excluding hydrogens is 300 g/mol. The van der Waals surface area contributed by atoms with Crippen LogP contribution >= 0.6 is 0 Å². The summed E-state index contributed by atoms with van der Waals surface area (Å²) < 4.78 is 41.0. The zero-order chi connectivity index (χ0) is 15.5. The topological polar surface area (TPSA) is 117 Å². The van der Waals surface area contributed by atoms with Gasteiger partial charge in [-0.05, 0) is 6.42 Å². The minimum absolute atomic E-state index is 0.0357. The van der Waals surface area contributed by atoms with Gasteiger partial charge >= 0.3 is 5.97 Å². The lowest BCUT2D eigenvalue weighted by Gasteiger charge is -2.11. The summed E-state index contributed by atoms with van der Waals surface area (Å²) in [5.41, 5.74) is 6.21. The maximum Gasteiger partial charge on any atom is 0.305 e. The van der Waals surface area contributed by atoms with Gasteiger partial charge in [0.2, 0.25) is 16.8 Å². The fourth-order valence-electron chi connectivity index (χ4n) is 1.77. The van der Waals surface area contributed by atoms with Gasteiger partial charge in [0.05, 0.1) is 24.2 Å². The monoisotopic (exact) mass is 316 g/mol. The summed E-state index contributed by atoms with van der Waals surface area (Å²) in [4.78, 5) is 11.0. The van der Waals surface area contributed by atoms with Crippen molar-refractivity contribution in [2.45, 2.75) is 12.8 Å². The van der Waals surface area contributed by atoms with Crippen LogP contribution in [0.15, 0.2) is 12.1 Å². The third kappa shape index (κ3) is 3.91. The van der Waals surface area contributed by atoms with E-state index in [1.807, 2.05) is 0 Å². The van der Waals surface area contributed by atoms with Gasteiger partial charge in [0.25, 0.3) is 0 Å². The van der Waals surface area contributed by atoms with Crippen molar-refractivity contribution >= 4 is 27.4 Å². The average molecular weight is 316 g/mol. The lowest BCUT2D eigenvalue weighted by atomic mass is 10.2. The van der Waals surface area contributed by atoms with Crippen molar-refractivity contribution in [2.75, 3.05) is 30.1 Å². The molecule has 0 atom stereocenters. The highest BCUT2D eigenvalue weighted by Gasteiger charge is 2.19. The van der Waals surface area contributed by atoms with Crippen molar-refractivity contribution in [3.8, 4) is 11.5 Å². The highest BCUT2D eigenvalue weighted by atomic mass is 32.2. The molecule has 0 unspecified atom stereocenters. The van der Waals surface area contributed by atoms with Gasteiger partial charge in [-0.15, -0.1) is 0 Å². The Morgan fingerprint density at radius 1 is 1.38 bits per heavy atom. The maximum atomic E-state index is 11.9. The van der Waals surface area contributed by atoms with E-state index in [0.29, 0.717) is 11.5 Å². The van der Waals surface area contributed by atoms with Crippen LogP contribution in [0.25, 0.3) is 0 Å². The van der Waals surface area contributed by atoms with Crippen LogP contribution in [0.2, 0.25) is 0 Å². The Morgan fingerprint density at radius 2 is 2.05 bits per heavy atom. The second kappa shape index (κ2) is 6.08. The highest BCUT2D eigenvalue weighted by molar-refractivity contribution is 7.92. The first kappa shape index (κ1) is 15.2. The molecule has 1 aromatic carbocycles. The van der Waals surface area contributed by atoms with E-state index >= 15 is 0 Å². The largest absolute Gasteiger partial charge is 0.469 e. The molecule has 8 nitrogen and oxygen atoms in total. The van der Waals surface area contributed by atoms with E-state index in [0.717, 1.165) is 0 Å². The van der Waals surface area contributed by atoms with Crippen LogP contribution < -0.4 is 19.9 Å². The molecule has 0 radical (unpaired) electrons. The van der Waals surface area contributed by atoms with Gasteiger partial charge in [0.15, 0.2) is 11.5 Å². The molecule has 1 aliphatic heterocycles. The van der Waals surface area contributed by atoms with Crippen LogP contribution in [0.3, 0.4) is 0 Å². The van der Waals surface area contributed by atoms with Gasteiger partial charge in [0.1, 0.15) is 0 Å². The molecule has 0 fully saturated rings. The lowest BCUT2D eigenvalue weighted by Crippen LogP contribution is -2.18. The molecule has 0 bridgehead atoms. The van der Waals surface area contributed by atoms with Crippen molar-refractivity contribution in [1.29, 1.82) is 0 Å². The SMILES string of the molecule is COC(=O)CCCS(=O)(=O)Nc1cc2c(cc1N)OCO2. The van der Waals surface area contributed by atoms with Crippen LogP contribution in [0.5, 0.6) is 11.5 Å². The molecule has 3 N–H and O–H groups in total. The molecule has 21 heavy (non-hydrogen) atoms. The summed E-state index contributed by atoms with van der Waals surface area (Å²) in [6.45, 7) is 0.0735. The third-order valence-corrected chi connectivity index (χ3v) is 4.19. The second-order valence-electron chi connectivity index (χ2n) is 4.39. The number of benzene rings is 1. The molecule has 116 valence electrons. The van der Waals surface area contributed by atoms with Gasteiger partial charge < -0.3 is 19.9 Å². The number of fused-ring (bicyclic) bond motifs is 1. The summed E-state index contributed by atoms with van der Waals surface area (Å²) >= 11 is 0. The van der Waals surface area contributed by atoms with Crippen LogP contribution in [-0.4, -0.2) is 34.0 Å². The standard InChI is InChI=1S/C12H16N2O6S/c1-18-12(15)3-2-4-21(16,17)14-9-6-11-10(5-8(9)13)19-7-20-11/h5-6,14H,2-4,7,13H2,1H3. The first-order valence-corrected chi connectivity index (χ1v) is 7.83. The molecule has 0 amide bonds. The molecule has 0 spiro atoms. The Kier molecular flexibility index (Phi) is 4.41. The number of hydrogen-bond donors (Lipinski definition) is 2. The zero-order valence-electron chi connectivity index (χ0n) is 11.4. The van der Waals surface area contributed by atoms with Crippen LogP contribution in [0.1, 0.15) is 12.8 Å². The van der Waals surface area contributed by atoms with Crippen LogP contribution in [-0.2, 0) is 19.6 Å². The number of hydrogen-bond acceptors (Lipinski definition) is 7. The van der Waals surface area contributed by atoms with Gasteiger partial charge in [0, 0.05) is 18.6 Å². The summed E-state index contributed by atoms with van der Waals surface area (Å²) in [7, 11) is -2.36. The Balaban J connectivity index is 2.02. The molecule has 0 aliphatic carbocycles. The third-order valence-electron chi connectivity index (χ3n) is 2.83. The summed E-state index contributed by atoms with van der Waals surface area (Å²) in [5, 5.41) is 0. The molecule has 1 heterocycles. The number of anilines is 2. The Morgan fingerprint density at radius 3 is 2.71 bits per heavy atom. The van der Waals surface area contributed by atoms with Crippen molar-refractivity contribution in [2.24, 2.45) is 0 Å². The number of rotatable bonds is 6. The highest BCUT2D eigenvalue weighted by Crippen LogP contribution is 2.38. The minimum atomic E-state index is -3.61. The van der Waals surface area contributed by atoms with Crippen LogP contribution in [0, 0.1) is 0 Å². The summed E-state index contributed by atoms with van der Waals surface area (Å²) in [6, 6.07) is 2.96. The molecule has 9 heteroatoms. The Bertz CT molecular complexity index is 643. The Hall–Kier alpha value is -2.16. The van der Waals surface area contributed by atoms with E-state index in [4.69, 9.17) is 15.2 Å². The average Bonchev–Trinajstić information content (AvgIpc) is 2.85. The number of ether oxygens (including phenoxy) is 3. The van der Waals surface area contributed by atoms with Gasteiger partial charge in [-0.25, -0.2) is 8.42 Å². The normalized spacial score (nSPS) is 13.0. The second-order valence-corrected chi connectivity index (χ2v) is 6.24. The molecular formula is C12H16N2O6S. The van der Waals surface area contributed by atoms with Gasteiger partial charge in [-0.2, -0.15) is 0 Å². The van der Waals surface area contributed by atoms with Crippen molar-refractivity contribution in [3.05, 3.63) is 12.1 Å². The smallest absolute Gasteiger partial charge is 0.305 e. The minimum Gasteiger partial charge on any atom is -0.469 e. The first-order chi connectivity index (χ1) is 9.91. The number of carbonyl (C=O) groups excluding carboxylic acids is 1. The number of nitrogens with two attached hydrogens (primary N) is 1. The van der Waals surface area contributed by atoms with E-state index in [1.54, 1.807) is 0 Å². The predicted molar refractivity (Wildman–Crippen MR) is 75.6 cm³/mol. The number of esters is 1. The lowest BCUT2D eigenvalue weighted by molar-refractivity contribution is -0.140. The number of sulfonamides is 1. The molecule has 1 aliphatic rings. The van der Waals surface area contributed by atoms with E-state index in [-0.39, 0.29) is 36.8 Å². The Labute approximate surface area is 122 Å². The summed E-state index contributed by atoms with van der Waals surface area (Å²) in [5.74, 6) is 0.237. The number of nitrogen functional groups attached to an aromatic ring is 1. The van der Waals surface area contributed by atoms with Gasteiger partial charge in [-0.3, -0.25) is 9.52 Å². The van der Waals surface area contributed by atoms with Crippen molar-refractivity contribution in [1.82, 2.24) is 0 Å². The molecule has 0 saturated carbocycles. The predicted octanol–water partition coefficient (Wildman–Crippen LogP) is 0.692. The molecule has 0 saturated heterocycles. The quantitative estimate of drug-likeness (QED) is 0.585. The zero-order valence-corrected chi connectivity index (χ0v) is 12.2. The fourth-order valence-corrected chi connectivity index (χ4v) is 2.91. The van der Waals surface area contributed by atoms with Gasteiger partial charge in [-0.1, -0.05) is 0 Å². The van der Waals surface area contributed by atoms with E-state index in [9.17, 15) is 13.2 Å². The molecule has 2 rings (SSSR count).